The summed E-state index contributed by atoms with van der Waals surface area (Å²) in [5, 5.41) is 9.39. The maximum absolute atomic E-state index is 11.9. The smallest absolute Gasteiger partial charge is 0.255 e. The third-order valence-electron chi connectivity index (χ3n) is 2.02. The molecule has 0 radical (unpaired) electrons. The molecule has 1 amide bonds. The molecule has 0 aliphatic heterocycles. The van der Waals surface area contributed by atoms with Crippen LogP contribution >= 0.6 is 11.6 Å². The monoisotopic (exact) mass is 243 g/mol. The van der Waals surface area contributed by atoms with Crippen LogP contribution in [0.25, 0.3) is 0 Å². The molecule has 1 heterocycles. The highest BCUT2D eigenvalue weighted by Crippen LogP contribution is 2.16. The first-order valence-corrected chi connectivity index (χ1v) is 5.14. The summed E-state index contributed by atoms with van der Waals surface area (Å²) in [5.74, 6) is -0.289. The highest BCUT2D eigenvalue weighted by Gasteiger charge is 2.16. The van der Waals surface area contributed by atoms with Gasteiger partial charge in [0.1, 0.15) is 5.15 Å². The average molecular weight is 244 g/mol. The Bertz CT molecular complexity index is 396. The van der Waals surface area contributed by atoms with Gasteiger partial charge in [-0.1, -0.05) is 11.6 Å². The number of rotatable bonds is 3. The van der Waals surface area contributed by atoms with Gasteiger partial charge in [0.15, 0.2) is 0 Å². The lowest BCUT2D eigenvalue weighted by atomic mass is 10.2. The minimum absolute atomic E-state index is 0.211. The fraction of sp³-hybridized carbons (Fsp3) is 0.400. The molecule has 3 N–H and O–H groups in total. The van der Waals surface area contributed by atoms with E-state index in [2.05, 4.69) is 4.98 Å². The van der Waals surface area contributed by atoms with Crippen molar-refractivity contribution in [2.24, 2.45) is 0 Å². The van der Waals surface area contributed by atoms with Gasteiger partial charge in [0, 0.05) is 13.6 Å². The van der Waals surface area contributed by atoms with E-state index in [0.717, 1.165) is 0 Å². The predicted molar refractivity (Wildman–Crippen MR) is 62.3 cm³/mol. The molecule has 1 aromatic rings. The van der Waals surface area contributed by atoms with E-state index < -0.39 is 6.10 Å². The summed E-state index contributed by atoms with van der Waals surface area (Å²) in [6.07, 6.45) is 0.749. The number of nitrogens with zero attached hydrogens (tertiary/aromatic N) is 2. The molecule has 0 aliphatic rings. The Hall–Kier alpha value is -1.33. The zero-order valence-corrected chi connectivity index (χ0v) is 9.90. The Labute approximate surface area is 98.8 Å². The average Bonchev–Trinajstić information content (AvgIpc) is 2.19. The third kappa shape index (κ3) is 3.08. The number of likely N-dealkylation sites (N-methyl/N-ethyl adjacent to an activating group) is 1. The van der Waals surface area contributed by atoms with E-state index in [9.17, 15) is 9.90 Å². The zero-order chi connectivity index (χ0) is 12.3. The Balaban J connectivity index is 2.91. The molecule has 5 nitrogen and oxygen atoms in total. The Morgan fingerprint density at radius 3 is 2.94 bits per heavy atom. The van der Waals surface area contributed by atoms with Crippen molar-refractivity contribution in [2.75, 3.05) is 19.3 Å². The van der Waals surface area contributed by atoms with Crippen molar-refractivity contribution in [3.05, 3.63) is 23.0 Å². The van der Waals surface area contributed by atoms with Gasteiger partial charge in [0.05, 0.1) is 23.6 Å². The van der Waals surface area contributed by atoms with Crippen molar-refractivity contribution >= 4 is 23.2 Å². The second-order valence-corrected chi connectivity index (χ2v) is 4.02. The minimum atomic E-state index is -0.590. The van der Waals surface area contributed by atoms with Crippen LogP contribution in [0, 0.1) is 0 Å². The maximum Gasteiger partial charge on any atom is 0.255 e. The number of carbonyl (C=O) groups excluding carboxylic acids is 1. The fourth-order valence-corrected chi connectivity index (χ4v) is 1.47. The summed E-state index contributed by atoms with van der Waals surface area (Å²) in [7, 11) is 1.59. The van der Waals surface area contributed by atoms with Gasteiger partial charge in [0.25, 0.3) is 5.91 Å². The van der Waals surface area contributed by atoms with Gasteiger partial charge in [-0.2, -0.15) is 0 Å². The molecule has 88 valence electrons. The highest BCUT2D eigenvalue weighted by atomic mass is 35.5. The fourth-order valence-electron chi connectivity index (χ4n) is 1.31. The van der Waals surface area contributed by atoms with Crippen molar-refractivity contribution in [2.45, 2.75) is 13.0 Å². The first-order valence-electron chi connectivity index (χ1n) is 4.76. The summed E-state index contributed by atoms with van der Waals surface area (Å²) in [5.41, 5.74) is 6.19. The number of nitrogen functional groups attached to an aromatic ring is 1. The molecule has 1 unspecified atom stereocenters. The first-order chi connectivity index (χ1) is 7.41. The summed E-state index contributed by atoms with van der Waals surface area (Å²) < 4.78 is 0. The lowest BCUT2D eigenvalue weighted by molar-refractivity contribution is 0.0704. The van der Waals surface area contributed by atoms with E-state index in [-0.39, 0.29) is 23.3 Å². The van der Waals surface area contributed by atoms with Crippen LogP contribution < -0.4 is 5.73 Å². The molecule has 0 fully saturated rings. The number of nitrogens with two attached hydrogens (primary N) is 1. The molecule has 0 saturated carbocycles. The molecular weight excluding hydrogens is 230 g/mol. The number of carbonyl (C=O) groups is 1. The van der Waals surface area contributed by atoms with E-state index in [0.29, 0.717) is 5.56 Å². The summed E-state index contributed by atoms with van der Waals surface area (Å²) in [6, 6.07) is 1.41. The van der Waals surface area contributed by atoms with Crippen LogP contribution in [0.3, 0.4) is 0 Å². The Morgan fingerprint density at radius 1 is 1.75 bits per heavy atom. The van der Waals surface area contributed by atoms with Gasteiger partial charge < -0.3 is 15.7 Å². The SMILES string of the molecule is CC(O)CN(C)C(=O)c1cc(Cl)ncc1N. The number of amides is 1. The standard InChI is InChI=1S/C10H14ClN3O2/c1-6(15)5-14(2)10(16)7-3-9(11)13-4-8(7)12/h3-4,6,15H,5,12H2,1-2H3. The van der Waals surface area contributed by atoms with E-state index in [1.54, 1.807) is 14.0 Å². The summed E-state index contributed by atoms with van der Waals surface area (Å²) >= 11 is 5.68. The molecule has 1 atom stereocenters. The number of halogens is 1. The summed E-state index contributed by atoms with van der Waals surface area (Å²) in [6.45, 7) is 1.84. The normalized spacial score (nSPS) is 12.2. The molecule has 0 bridgehead atoms. The molecule has 0 spiro atoms. The second kappa shape index (κ2) is 5.14. The van der Waals surface area contributed by atoms with Crippen molar-refractivity contribution < 1.29 is 9.90 Å². The molecule has 0 saturated heterocycles. The number of aliphatic hydroxyl groups is 1. The molecule has 1 aromatic heterocycles. The quantitative estimate of drug-likeness (QED) is 0.769. The van der Waals surface area contributed by atoms with Crippen LogP contribution in [0.1, 0.15) is 17.3 Å². The van der Waals surface area contributed by atoms with Crippen LogP contribution in [0.4, 0.5) is 5.69 Å². The van der Waals surface area contributed by atoms with Gasteiger partial charge in [-0.3, -0.25) is 4.79 Å². The highest BCUT2D eigenvalue weighted by molar-refractivity contribution is 6.29. The number of hydrogen-bond donors (Lipinski definition) is 2. The van der Waals surface area contributed by atoms with Gasteiger partial charge in [-0.05, 0) is 13.0 Å². The van der Waals surface area contributed by atoms with Gasteiger partial charge in [-0.15, -0.1) is 0 Å². The van der Waals surface area contributed by atoms with E-state index in [1.165, 1.54) is 17.2 Å². The number of aliphatic hydroxyl groups excluding tert-OH is 1. The van der Waals surface area contributed by atoms with E-state index >= 15 is 0 Å². The first kappa shape index (κ1) is 12.7. The number of hydrogen-bond acceptors (Lipinski definition) is 4. The molecule has 16 heavy (non-hydrogen) atoms. The summed E-state index contributed by atoms with van der Waals surface area (Å²) in [4.78, 5) is 17.0. The van der Waals surface area contributed by atoms with Crippen molar-refractivity contribution in [3.63, 3.8) is 0 Å². The van der Waals surface area contributed by atoms with Gasteiger partial charge >= 0.3 is 0 Å². The largest absolute Gasteiger partial charge is 0.397 e. The van der Waals surface area contributed by atoms with Crippen molar-refractivity contribution in [1.82, 2.24) is 9.88 Å². The zero-order valence-electron chi connectivity index (χ0n) is 9.14. The topological polar surface area (TPSA) is 79.5 Å². The van der Waals surface area contributed by atoms with Crippen LogP contribution in [0.15, 0.2) is 12.3 Å². The lowest BCUT2D eigenvalue weighted by Crippen LogP contribution is -2.33. The predicted octanol–water partition coefficient (Wildman–Crippen LogP) is 0.770. The molecule has 0 aromatic carbocycles. The molecule has 6 heteroatoms. The van der Waals surface area contributed by atoms with Crippen LogP contribution in [0.2, 0.25) is 5.15 Å². The molecule has 1 rings (SSSR count). The maximum atomic E-state index is 11.9. The number of pyridine rings is 1. The number of aromatic nitrogens is 1. The Morgan fingerprint density at radius 2 is 2.38 bits per heavy atom. The van der Waals surface area contributed by atoms with Gasteiger partial charge in [0.2, 0.25) is 0 Å². The Kier molecular flexibility index (Phi) is 4.09. The second-order valence-electron chi connectivity index (χ2n) is 3.63. The molecular formula is C10H14ClN3O2. The third-order valence-corrected chi connectivity index (χ3v) is 2.22. The van der Waals surface area contributed by atoms with Crippen LogP contribution in [-0.2, 0) is 0 Å². The molecule has 0 aliphatic carbocycles. The number of anilines is 1. The van der Waals surface area contributed by atoms with E-state index in [4.69, 9.17) is 17.3 Å². The van der Waals surface area contributed by atoms with Crippen molar-refractivity contribution in [1.29, 1.82) is 0 Å². The van der Waals surface area contributed by atoms with Gasteiger partial charge in [-0.25, -0.2) is 4.98 Å². The minimum Gasteiger partial charge on any atom is -0.397 e. The van der Waals surface area contributed by atoms with Crippen LogP contribution in [-0.4, -0.2) is 40.6 Å². The van der Waals surface area contributed by atoms with E-state index in [1.807, 2.05) is 0 Å². The van der Waals surface area contributed by atoms with Crippen molar-refractivity contribution in [3.8, 4) is 0 Å². The van der Waals surface area contributed by atoms with Crippen LogP contribution in [0.5, 0.6) is 0 Å². The lowest BCUT2D eigenvalue weighted by Gasteiger charge is -2.19.